The molecular weight excluding hydrogens is 382 g/mol. The lowest BCUT2D eigenvalue weighted by molar-refractivity contribution is 0.0512. The highest BCUT2D eigenvalue weighted by Crippen LogP contribution is 2.26. The molecule has 7 nitrogen and oxygen atoms in total. The van der Waals surface area contributed by atoms with Gasteiger partial charge in [0.25, 0.3) is 0 Å². The third-order valence-corrected chi connectivity index (χ3v) is 4.95. The zero-order valence-electron chi connectivity index (χ0n) is 20.3. The van der Waals surface area contributed by atoms with Gasteiger partial charge in [0, 0.05) is 29.9 Å². The molecule has 0 aliphatic heterocycles. The van der Waals surface area contributed by atoms with Crippen molar-refractivity contribution in [2.24, 2.45) is 5.92 Å². The van der Waals surface area contributed by atoms with E-state index in [0.717, 1.165) is 5.69 Å². The van der Waals surface area contributed by atoms with Crippen LogP contribution < -0.4 is 5.32 Å². The van der Waals surface area contributed by atoms with Crippen molar-refractivity contribution in [3.8, 4) is 0 Å². The van der Waals surface area contributed by atoms with E-state index in [0.29, 0.717) is 29.9 Å². The molecule has 0 saturated heterocycles. The van der Waals surface area contributed by atoms with E-state index in [2.05, 4.69) is 5.32 Å². The molecule has 170 valence electrons. The van der Waals surface area contributed by atoms with Crippen LogP contribution in [0.5, 0.6) is 0 Å². The molecule has 7 heteroatoms. The Bertz CT molecular complexity index is 787. The van der Waals surface area contributed by atoms with E-state index in [9.17, 15) is 14.4 Å². The maximum atomic E-state index is 13.6. The van der Waals surface area contributed by atoms with Crippen LogP contribution >= 0.6 is 0 Å². The molecule has 1 aromatic heterocycles. The number of Topliss-reactive ketones (excluding diaryl/α,β-unsaturated/α-hetero) is 1. The number of urea groups is 1. The van der Waals surface area contributed by atoms with Crippen molar-refractivity contribution < 1.29 is 19.1 Å². The molecule has 0 aliphatic rings. The Morgan fingerprint density at radius 2 is 1.67 bits per heavy atom. The second kappa shape index (κ2) is 10.1. The first-order chi connectivity index (χ1) is 13.8. The van der Waals surface area contributed by atoms with Gasteiger partial charge in [-0.05, 0) is 66.9 Å². The van der Waals surface area contributed by atoms with E-state index in [1.54, 1.807) is 25.7 Å². The number of hydrogen-bond acceptors (Lipinski definition) is 4. The van der Waals surface area contributed by atoms with Crippen molar-refractivity contribution in [2.45, 2.75) is 87.4 Å². The molecule has 0 bridgehead atoms. The van der Waals surface area contributed by atoms with Crippen LogP contribution in [0, 0.1) is 19.8 Å². The topological polar surface area (TPSA) is 80.6 Å². The number of rotatable bonds is 8. The fraction of sp³-hybridized carbons (Fsp3) is 0.696. The summed E-state index contributed by atoms with van der Waals surface area (Å²) < 4.78 is 7.02. The molecule has 0 aliphatic carbocycles. The van der Waals surface area contributed by atoms with E-state index >= 15 is 0 Å². The molecular formula is C23H39N3O4. The number of carbonyl (C=O) groups excluding carboxylic acids is 3. The average molecular weight is 422 g/mol. The molecule has 1 aromatic rings. The monoisotopic (exact) mass is 421 g/mol. The summed E-state index contributed by atoms with van der Waals surface area (Å²) in [7, 11) is 0. The number of aromatic nitrogens is 1. The maximum absolute atomic E-state index is 13.6. The van der Waals surface area contributed by atoms with Crippen LogP contribution in [-0.2, 0) is 11.3 Å². The third-order valence-electron chi connectivity index (χ3n) is 4.95. The van der Waals surface area contributed by atoms with Crippen LogP contribution in [0.3, 0.4) is 0 Å². The normalized spacial score (nSPS) is 12.6. The molecule has 1 N–H and O–H groups in total. The molecule has 0 spiro atoms. The van der Waals surface area contributed by atoms with Crippen LogP contribution in [0.1, 0.15) is 87.5 Å². The maximum Gasteiger partial charge on any atom is 0.355 e. The van der Waals surface area contributed by atoms with E-state index in [4.69, 9.17) is 4.74 Å². The van der Waals surface area contributed by atoms with Crippen molar-refractivity contribution in [3.05, 3.63) is 22.5 Å². The molecule has 0 radical (unpaired) electrons. The average Bonchev–Trinajstić information content (AvgIpc) is 2.86. The highest BCUT2D eigenvalue weighted by Gasteiger charge is 2.34. The number of hydrogen-bond donors (Lipinski definition) is 1. The van der Waals surface area contributed by atoms with Gasteiger partial charge in [-0.15, -0.1) is 0 Å². The summed E-state index contributed by atoms with van der Waals surface area (Å²) in [5.41, 5.74) is 1.80. The van der Waals surface area contributed by atoms with E-state index < -0.39 is 17.6 Å². The molecule has 1 atom stereocenters. The first-order valence-electron chi connectivity index (χ1n) is 10.8. The zero-order chi connectivity index (χ0) is 23.4. The lowest BCUT2D eigenvalue weighted by atomic mass is 9.99. The number of esters is 1. The third kappa shape index (κ3) is 5.86. The second-order valence-corrected chi connectivity index (χ2v) is 9.17. The van der Waals surface area contributed by atoms with Gasteiger partial charge < -0.3 is 19.5 Å². The number of amides is 2. The van der Waals surface area contributed by atoms with Gasteiger partial charge in [0.05, 0.1) is 12.6 Å². The van der Waals surface area contributed by atoms with Crippen molar-refractivity contribution in [1.29, 1.82) is 0 Å². The quantitative estimate of drug-likeness (QED) is 0.500. The Kier molecular flexibility index (Phi) is 8.69. The predicted octanol–water partition coefficient (Wildman–Crippen LogP) is 4.34. The predicted molar refractivity (Wildman–Crippen MR) is 119 cm³/mol. The van der Waals surface area contributed by atoms with Gasteiger partial charge in [0.15, 0.2) is 5.78 Å². The van der Waals surface area contributed by atoms with E-state index in [-0.39, 0.29) is 24.3 Å². The molecule has 1 heterocycles. The number of ketones is 1. The lowest BCUT2D eigenvalue weighted by Gasteiger charge is -2.33. The van der Waals surface area contributed by atoms with Gasteiger partial charge in [0.1, 0.15) is 5.69 Å². The van der Waals surface area contributed by atoms with Crippen LogP contribution in [0.15, 0.2) is 0 Å². The highest BCUT2D eigenvalue weighted by atomic mass is 16.5. The Morgan fingerprint density at radius 1 is 1.10 bits per heavy atom. The second-order valence-electron chi connectivity index (χ2n) is 9.17. The fourth-order valence-corrected chi connectivity index (χ4v) is 3.67. The molecule has 0 aromatic carbocycles. The lowest BCUT2D eigenvalue weighted by Crippen LogP contribution is -2.54. The van der Waals surface area contributed by atoms with Crippen molar-refractivity contribution in [1.82, 2.24) is 14.8 Å². The van der Waals surface area contributed by atoms with Gasteiger partial charge in [0.2, 0.25) is 0 Å². The summed E-state index contributed by atoms with van der Waals surface area (Å²) in [6.07, 6.45) is 0. The summed E-state index contributed by atoms with van der Waals surface area (Å²) in [6, 6.07) is -0.942. The summed E-state index contributed by atoms with van der Waals surface area (Å²) in [5, 5.41) is 2.96. The van der Waals surface area contributed by atoms with Crippen molar-refractivity contribution in [3.63, 3.8) is 0 Å². The minimum Gasteiger partial charge on any atom is -0.461 e. The summed E-state index contributed by atoms with van der Waals surface area (Å²) >= 11 is 0. The SMILES string of the molecule is CCOC(=O)c1c(C)c(C(=O)C(C)N(CC(C)C)C(=O)NC(C)(C)C)c(C)n1CC. The highest BCUT2D eigenvalue weighted by molar-refractivity contribution is 6.06. The molecule has 1 unspecified atom stereocenters. The van der Waals surface area contributed by atoms with E-state index in [1.807, 2.05) is 53.0 Å². The van der Waals surface area contributed by atoms with Gasteiger partial charge >= 0.3 is 12.0 Å². The van der Waals surface area contributed by atoms with Gasteiger partial charge in [-0.2, -0.15) is 0 Å². The van der Waals surface area contributed by atoms with Crippen molar-refractivity contribution in [2.75, 3.05) is 13.2 Å². The van der Waals surface area contributed by atoms with Crippen LogP contribution in [0.25, 0.3) is 0 Å². The zero-order valence-corrected chi connectivity index (χ0v) is 20.3. The first-order valence-corrected chi connectivity index (χ1v) is 10.8. The minimum absolute atomic E-state index is 0.174. The van der Waals surface area contributed by atoms with Crippen molar-refractivity contribution >= 4 is 17.8 Å². The number of carbonyl (C=O) groups is 3. The first kappa shape index (κ1) is 25.7. The molecule has 30 heavy (non-hydrogen) atoms. The summed E-state index contributed by atoms with van der Waals surface area (Å²) in [4.78, 5) is 40.6. The van der Waals surface area contributed by atoms with Crippen LogP contribution in [0.2, 0.25) is 0 Å². The number of nitrogens with one attached hydrogen (secondary N) is 1. The number of ether oxygens (including phenoxy) is 1. The Hall–Kier alpha value is -2.31. The molecule has 1 rings (SSSR count). The van der Waals surface area contributed by atoms with Crippen LogP contribution in [0.4, 0.5) is 4.79 Å². The van der Waals surface area contributed by atoms with Crippen LogP contribution in [-0.4, -0.2) is 52.0 Å². The fourth-order valence-electron chi connectivity index (χ4n) is 3.67. The molecule has 0 fully saturated rings. The standard InChI is InChI=1S/C23H39N3O4/c1-11-25-16(6)18(15(5)19(25)21(28)30-12-2)20(27)17(7)26(13-14(3)4)22(29)24-23(8,9)10/h14,17H,11-13H2,1-10H3,(H,24,29). The van der Waals surface area contributed by atoms with Gasteiger partial charge in [-0.3, -0.25) is 4.79 Å². The Labute approximate surface area is 181 Å². The molecule has 2 amide bonds. The summed E-state index contributed by atoms with van der Waals surface area (Å²) in [6.45, 7) is 20.0. The Morgan fingerprint density at radius 3 is 2.10 bits per heavy atom. The summed E-state index contributed by atoms with van der Waals surface area (Å²) in [5.74, 6) is -0.410. The Balaban J connectivity index is 3.41. The smallest absolute Gasteiger partial charge is 0.355 e. The molecule has 0 saturated carbocycles. The van der Waals surface area contributed by atoms with Gasteiger partial charge in [-0.1, -0.05) is 13.8 Å². The van der Waals surface area contributed by atoms with E-state index in [1.165, 1.54) is 0 Å². The largest absolute Gasteiger partial charge is 0.461 e. The number of nitrogens with zero attached hydrogens (tertiary/aromatic N) is 2. The minimum atomic E-state index is -0.671. The van der Waals surface area contributed by atoms with Gasteiger partial charge in [-0.25, -0.2) is 9.59 Å².